The Morgan fingerprint density at radius 3 is 1.94 bits per heavy atom. The van der Waals surface area contributed by atoms with Crippen molar-refractivity contribution in [1.29, 1.82) is 0 Å². The molecule has 2 aromatic carbocycles. The normalized spacial score (nSPS) is 10.4. The first kappa shape index (κ1) is 24.4. The highest BCUT2D eigenvalue weighted by molar-refractivity contribution is 6.36. The monoisotopic (exact) mass is 505 g/mol. The van der Waals surface area contributed by atoms with Crippen molar-refractivity contribution in [1.82, 2.24) is 9.38 Å². The Hall–Kier alpha value is -4.29. The zero-order valence-electron chi connectivity index (χ0n) is 17.1. The van der Waals surface area contributed by atoms with Gasteiger partial charge in [-0.3, -0.25) is 30.3 Å². The van der Waals surface area contributed by atoms with Gasteiger partial charge in [-0.25, -0.2) is 4.98 Å². The van der Waals surface area contributed by atoms with E-state index in [1.165, 1.54) is 5.56 Å². The molecular formula is C20H13Cl2N5O7. The van der Waals surface area contributed by atoms with Gasteiger partial charge >= 0.3 is 11.4 Å². The van der Waals surface area contributed by atoms with Crippen LogP contribution < -0.4 is 0 Å². The lowest BCUT2D eigenvalue weighted by Crippen LogP contribution is -1.97. The van der Waals surface area contributed by atoms with Crippen molar-refractivity contribution in [2.45, 2.75) is 6.92 Å². The fourth-order valence-corrected chi connectivity index (χ4v) is 3.39. The van der Waals surface area contributed by atoms with Crippen molar-refractivity contribution in [3.8, 4) is 17.0 Å². The van der Waals surface area contributed by atoms with Gasteiger partial charge in [-0.1, -0.05) is 53.0 Å². The topological polar surface area (TPSA) is 167 Å². The van der Waals surface area contributed by atoms with Crippen LogP contribution in [-0.2, 0) is 0 Å². The number of imidazole rings is 1. The quantitative estimate of drug-likeness (QED) is 0.270. The van der Waals surface area contributed by atoms with Crippen LogP contribution in [0.3, 0.4) is 0 Å². The SMILES string of the molecule is Cc1ccc(-c2cn3cc(Cl)cc(Cl)c3n2)cc1.O=[N+]([O-])c1cc([N+](=O)[O-])c(O)c([N+](=O)[O-])c1. The van der Waals surface area contributed by atoms with Crippen LogP contribution >= 0.6 is 23.2 Å². The van der Waals surface area contributed by atoms with Gasteiger partial charge in [0, 0.05) is 18.0 Å². The van der Waals surface area contributed by atoms with Crippen molar-refractivity contribution in [2.75, 3.05) is 0 Å². The summed E-state index contributed by atoms with van der Waals surface area (Å²) in [5.41, 5.74) is 0.897. The predicted octanol–water partition coefficient (Wildman–Crippen LogP) is 5.73. The molecule has 14 heteroatoms. The minimum atomic E-state index is -1.21. The predicted molar refractivity (Wildman–Crippen MR) is 123 cm³/mol. The van der Waals surface area contributed by atoms with Crippen LogP contribution in [-0.4, -0.2) is 29.3 Å². The molecule has 0 aliphatic carbocycles. The molecule has 0 saturated heterocycles. The molecule has 0 amide bonds. The van der Waals surface area contributed by atoms with Crippen LogP contribution in [0.15, 0.2) is 54.9 Å². The van der Waals surface area contributed by atoms with Gasteiger partial charge in [-0.2, -0.15) is 0 Å². The van der Waals surface area contributed by atoms with E-state index in [2.05, 4.69) is 24.0 Å². The molecule has 174 valence electrons. The summed E-state index contributed by atoms with van der Waals surface area (Å²) in [5, 5.41) is 41.4. The maximum atomic E-state index is 10.4. The lowest BCUT2D eigenvalue weighted by Gasteiger charge is -1.97. The third-order valence-corrected chi connectivity index (χ3v) is 4.96. The lowest BCUT2D eigenvalue weighted by atomic mass is 10.1. The number of fused-ring (bicyclic) bond motifs is 1. The summed E-state index contributed by atoms with van der Waals surface area (Å²) in [7, 11) is 0. The Balaban J connectivity index is 0.000000192. The van der Waals surface area contributed by atoms with Crippen LogP contribution in [0, 0.1) is 37.3 Å². The number of benzene rings is 2. The smallest absolute Gasteiger partial charge is 0.324 e. The number of phenolic OH excluding ortho intramolecular Hbond substituents is 1. The van der Waals surface area contributed by atoms with E-state index in [9.17, 15) is 30.3 Å². The van der Waals surface area contributed by atoms with E-state index in [0.717, 1.165) is 16.9 Å². The van der Waals surface area contributed by atoms with Crippen molar-refractivity contribution in [3.05, 3.63) is 101 Å². The van der Waals surface area contributed by atoms with E-state index in [4.69, 9.17) is 28.3 Å². The number of hydrogen-bond acceptors (Lipinski definition) is 8. The largest absolute Gasteiger partial charge is 0.497 e. The van der Waals surface area contributed by atoms with E-state index >= 15 is 0 Å². The van der Waals surface area contributed by atoms with Crippen LogP contribution in [0.1, 0.15) is 5.56 Å². The second kappa shape index (κ2) is 9.68. The molecule has 4 rings (SSSR count). The Bertz CT molecular complexity index is 1400. The second-order valence-corrected chi connectivity index (χ2v) is 7.68. The number of non-ortho nitro benzene ring substituents is 1. The average Bonchev–Trinajstić information content (AvgIpc) is 3.18. The van der Waals surface area contributed by atoms with E-state index in [0.29, 0.717) is 22.2 Å². The number of nitrogens with zero attached hydrogens (tertiary/aromatic N) is 5. The standard InChI is InChI=1S/C14H10Cl2N2.C6H3N3O7/c1-9-2-4-10(5-3-9)13-8-18-7-11(15)6-12(16)14(18)17-13;10-6-4(8(13)14)1-3(7(11)12)2-5(6)9(15)16/h2-8H,1H3;1-2,10H. The highest BCUT2D eigenvalue weighted by Crippen LogP contribution is 2.39. The Labute approximate surface area is 200 Å². The minimum absolute atomic E-state index is 0.447. The van der Waals surface area contributed by atoms with Crippen LogP contribution in [0.2, 0.25) is 10.0 Å². The molecule has 2 heterocycles. The second-order valence-electron chi connectivity index (χ2n) is 6.83. The van der Waals surface area contributed by atoms with Gasteiger partial charge in [0.25, 0.3) is 11.4 Å². The number of aromatic nitrogens is 2. The third-order valence-electron chi connectivity index (χ3n) is 4.48. The van der Waals surface area contributed by atoms with E-state index in [1.807, 2.05) is 22.7 Å². The van der Waals surface area contributed by atoms with Gasteiger partial charge in [0.2, 0.25) is 0 Å². The molecule has 0 spiro atoms. The molecule has 0 fully saturated rings. The molecule has 12 nitrogen and oxygen atoms in total. The summed E-state index contributed by atoms with van der Waals surface area (Å²) < 4.78 is 1.85. The molecule has 0 atom stereocenters. The van der Waals surface area contributed by atoms with Gasteiger partial charge in [-0.15, -0.1) is 0 Å². The highest BCUT2D eigenvalue weighted by Gasteiger charge is 2.30. The Morgan fingerprint density at radius 2 is 1.44 bits per heavy atom. The molecule has 0 saturated carbocycles. The first-order valence-electron chi connectivity index (χ1n) is 9.19. The number of nitro benzene ring substituents is 3. The van der Waals surface area contributed by atoms with Crippen molar-refractivity contribution in [2.24, 2.45) is 0 Å². The molecule has 1 N–H and O–H groups in total. The molecule has 0 aliphatic heterocycles. The average molecular weight is 506 g/mol. The number of halogens is 2. The maximum absolute atomic E-state index is 10.4. The number of aromatic hydroxyl groups is 1. The first-order valence-corrected chi connectivity index (χ1v) is 9.94. The molecule has 4 aromatic rings. The van der Waals surface area contributed by atoms with Crippen molar-refractivity contribution >= 4 is 45.9 Å². The van der Waals surface area contributed by atoms with Crippen molar-refractivity contribution < 1.29 is 19.9 Å². The molecular weight excluding hydrogens is 493 g/mol. The molecule has 0 unspecified atom stereocenters. The fourth-order valence-electron chi connectivity index (χ4n) is 2.86. The van der Waals surface area contributed by atoms with Gasteiger partial charge in [-0.05, 0) is 13.0 Å². The third kappa shape index (κ3) is 5.19. The van der Waals surface area contributed by atoms with Gasteiger partial charge < -0.3 is 9.51 Å². The lowest BCUT2D eigenvalue weighted by molar-refractivity contribution is -0.404. The summed E-state index contributed by atoms with van der Waals surface area (Å²) in [6.45, 7) is 2.06. The summed E-state index contributed by atoms with van der Waals surface area (Å²) in [5.74, 6) is -1.21. The first-order chi connectivity index (χ1) is 16.0. The molecule has 0 bridgehead atoms. The number of pyridine rings is 1. The molecule has 0 radical (unpaired) electrons. The van der Waals surface area contributed by atoms with Gasteiger partial charge in [0.1, 0.15) is 0 Å². The number of hydrogen-bond donors (Lipinski definition) is 1. The van der Waals surface area contributed by atoms with Crippen LogP contribution in [0.25, 0.3) is 16.9 Å². The number of aryl methyl sites for hydroxylation is 1. The Kier molecular flexibility index (Phi) is 6.94. The summed E-state index contributed by atoms with van der Waals surface area (Å²) in [6.07, 6.45) is 3.73. The Morgan fingerprint density at radius 1 is 0.882 bits per heavy atom. The maximum Gasteiger partial charge on any atom is 0.324 e. The highest BCUT2D eigenvalue weighted by atomic mass is 35.5. The van der Waals surface area contributed by atoms with E-state index < -0.39 is 37.6 Å². The summed E-state index contributed by atoms with van der Waals surface area (Å²) >= 11 is 12.1. The molecule has 34 heavy (non-hydrogen) atoms. The van der Waals surface area contributed by atoms with Gasteiger partial charge in [0.05, 0.1) is 42.6 Å². The molecule has 2 aromatic heterocycles. The van der Waals surface area contributed by atoms with Crippen LogP contribution in [0.4, 0.5) is 17.1 Å². The number of nitro groups is 3. The summed E-state index contributed by atoms with van der Waals surface area (Å²) in [4.78, 5) is 32.3. The zero-order valence-corrected chi connectivity index (χ0v) is 18.6. The number of rotatable bonds is 4. The van der Waals surface area contributed by atoms with E-state index in [1.54, 1.807) is 12.3 Å². The van der Waals surface area contributed by atoms with E-state index in [-0.39, 0.29) is 0 Å². The van der Waals surface area contributed by atoms with Crippen molar-refractivity contribution in [3.63, 3.8) is 0 Å². The minimum Gasteiger partial charge on any atom is -0.497 e. The zero-order chi connectivity index (χ0) is 25.2. The van der Waals surface area contributed by atoms with Gasteiger partial charge in [0.15, 0.2) is 5.65 Å². The fraction of sp³-hybridized carbons (Fsp3) is 0.0500. The van der Waals surface area contributed by atoms with Crippen LogP contribution in [0.5, 0.6) is 5.75 Å². The molecule has 0 aliphatic rings. The summed E-state index contributed by atoms with van der Waals surface area (Å²) in [6, 6.07) is 10.8. The number of phenols is 1.